The van der Waals surface area contributed by atoms with Gasteiger partial charge in [-0.25, -0.2) is 8.42 Å². The van der Waals surface area contributed by atoms with Gasteiger partial charge in [-0.15, -0.1) is 0 Å². The molecule has 2 heterocycles. The molecule has 1 fully saturated rings. The molecule has 0 bridgehead atoms. The molecule has 2 aliphatic rings. The Bertz CT molecular complexity index is 403. The Hall–Kier alpha value is -0.390. The molecule has 18 heavy (non-hydrogen) atoms. The van der Waals surface area contributed by atoms with Gasteiger partial charge in [0.25, 0.3) is 0 Å². The second-order valence-corrected chi connectivity index (χ2v) is 7.62. The van der Waals surface area contributed by atoms with E-state index in [9.17, 15) is 8.42 Å². The quantitative estimate of drug-likeness (QED) is 0.837. The van der Waals surface area contributed by atoms with Crippen LogP contribution < -0.4 is 5.32 Å². The maximum atomic E-state index is 11.4. The van der Waals surface area contributed by atoms with Crippen molar-refractivity contribution >= 4 is 9.84 Å². The van der Waals surface area contributed by atoms with E-state index in [0.29, 0.717) is 12.1 Å². The third-order valence-corrected chi connectivity index (χ3v) is 5.27. The van der Waals surface area contributed by atoms with Crippen molar-refractivity contribution in [3.8, 4) is 0 Å². The molecule has 0 radical (unpaired) electrons. The number of nitrogens with one attached hydrogen (secondary N) is 1. The first-order valence-electron chi connectivity index (χ1n) is 6.87. The molecule has 5 heteroatoms. The summed E-state index contributed by atoms with van der Waals surface area (Å²) in [4.78, 5) is 2.50. The summed E-state index contributed by atoms with van der Waals surface area (Å²) in [6.45, 7) is 6.74. The molecule has 0 amide bonds. The van der Waals surface area contributed by atoms with Gasteiger partial charge < -0.3 is 10.2 Å². The number of rotatable bonds is 3. The van der Waals surface area contributed by atoms with Crippen molar-refractivity contribution in [3.63, 3.8) is 0 Å². The minimum absolute atomic E-state index is 0.0191. The van der Waals surface area contributed by atoms with Gasteiger partial charge in [0.05, 0.1) is 5.75 Å². The summed E-state index contributed by atoms with van der Waals surface area (Å²) in [6.07, 6.45) is 5.25. The van der Waals surface area contributed by atoms with E-state index >= 15 is 0 Å². The van der Waals surface area contributed by atoms with Crippen molar-refractivity contribution in [2.24, 2.45) is 0 Å². The lowest BCUT2D eigenvalue weighted by Gasteiger charge is -2.24. The summed E-state index contributed by atoms with van der Waals surface area (Å²) < 4.78 is 22.7. The first kappa shape index (κ1) is 14.0. The van der Waals surface area contributed by atoms with E-state index in [4.69, 9.17) is 0 Å². The van der Waals surface area contributed by atoms with Crippen LogP contribution in [0.4, 0.5) is 0 Å². The lowest BCUT2D eigenvalue weighted by molar-refractivity contribution is 0.229. The second kappa shape index (κ2) is 5.72. The molecule has 0 aromatic rings. The van der Waals surface area contributed by atoms with Gasteiger partial charge in [-0.05, 0) is 46.2 Å². The van der Waals surface area contributed by atoms with Crippen LogP contribution in [0.5, 0.6) is 0 Å². The van der Waals surface area contributed by atoms with Gasteiger partial charge in [0, 0.05) is 23.5 Å². The first-order chi connectivity index (χ1) is 8.46. The third kappa shape index (κ3) is 3.80. The van der Waals surface area contributed by atoms with Crippen LogP contribution in [0.2, 0.25) is 0 Å². The summed E-state index contributed by atoms with van der Waals surface area (Å²) in [6, 6.07) is 1.08. The van der Waals surface area contributed by atoms with E-state index in [2.05, 4.69) is 24.1 Å². The molecule has 2 aliphatic heterocycles. The molecule has 0 aliphatic carbocycles. The Morgan fingerprint density at radius 2 is 2.06 bits per heavy atom. The van der Waals surface area contributed by atoms with Crippen LogP contribution in [0.15, 0.2) is 11.5 Å². The fourth-order valence-electron chi connectivity index (χ4n) is 2.78. The average molecular weight is 272 g/mol. The summed E-state index contributed by atoms with van der Waals surface area (Å²) in [5.41, 5.74) is 0. The summed E-state index contributed by atoms with van der Waals surface area (Å²) in [5.74, 6) is 0.234. The normalized spacial score (nSPS) is 32.8. The van der Waals surface area contributed by atoms with Crippen molar-refractivity contribution in [2.75, 3.05) is 18.8 Å². The van der Waals surface area contributed by atoms with Crippen LogP contribution in [0.3, 0.4) is 0 Å². The Morgan fingerprint density at radius 1 is 1.28 bits per heavy atom. The summed E-state index contributed by atoms with van der Waals surface area (Å²) >= 11 is 0. The van der Waals surface area contributed by atoms with E-state index in [1.54, 1.807) is 6.08 Å². The zero-order valence-electron chi connectivity index (χ0n) is 11.3. The van der Waals surface area contributed by atoms with Gasteiger partial charge in [-0.2, -0.15) is 0 Å². The van der Waals surface area contributed by atoms with E-state index in [0.717, 1.165) is 25.9 Å². The highest BCUT2D eigenvalue weighted by Gasteiger charge is 2.25. The van der Waals surface area contributed by atoms with Crippen LogP contribution in [0, 0.1) is 0 Å². The Kier molecular flexibility index (Phi) is 4.45. The maximum Gasteiger partial charge on any atom is 0.173 e. The van der Waals surface area contributed by atoms with E-state index in [1.165, 1.54) is 11.8 Å². The predicted octanol–water partition coefficient (Wildman–Crippen LogP) is 1.15. The Labute approximate surface area is 110 Å². The summed E-state index contributed by atoms with van der Waals surface area (Å²) in [7, 11) is -2.93. The van der Waals surface area contributed by atoms with Crippen LogP contribution in [0.1, 0.15) is 33.1 Å². The Balaban J connectivity index is 1.83. The van der Waals surface area contributed by atoms with Gasteiger partial charge in [-0.1, -0.05) is 6.08 Å². The van der Waals surface area contributed by atoms with Crippen LogP contribution >= 0.6 is 0 Å². The fourth-order valence-corrected chi connectivity index (χ4v) is 4.03. The zero-order valence-corrected chi connectivity index (χ0v) is 12.1. The highest BCUT2D eigenvalue weighted by molar-refractivity contribution is 7.94. The molecule has 2 unspecified atom stereocenters. The standard InChI is InChI=1S/C13H24N2O2S/c1-11(2)15-7-3-4-12(5-8-15)14-13-6-9-18(16,17)10-13/h6,9,11-14H,3-5,7-8,10H2,1-2H3. The van der Waals surface area contributed by atoms with E-state index in [1.807, 2.05) is 0 Å². The zero-order chi connectivity index (χ0) is 13.2. The molecule has 1 saturated heterocycles. The van der Waals surface area contributed by atoms with E-state index < -0.39 is 9.84 Å². The third-order valence-electron chi connectivity index (χ3n) is 3.87. The van der Waals surface area contributed by atoms with Crippen molar-refractivity contribution < 1.29 is 8.42 Å². The van der Waals surface area contributed by atoms with E-state index in [-0.39, 0.29) is 11.8 Å². The number of hydrogen-bond acceptors (Lipinski definition) is 4. The van der Waals surface area contributed by atoms with Crippen molar-refractivity contribution in [2.45, 2.75) is 51.2 Å². The molecule has 0 aromatic carbocycles. The largest absolute Gasteiger partial charge is 0.307 e. The number of sulfone groups is 1. The lowest BCUT2D eigenvalue weighted by atomic mass is 10.1. The predicted molar refractivity (Wildman–Crippen MR) is 74.2 cm³/mol. The molecule has 0 aromatic heterocycles. The molecule has 0 spiro atoms. The topological polar surface area (TPSA) is 49.4 Å². The van der Waals surface area contributed by atoms with Crippen LogP contribution in [0.25, 0.3) is 0 Å². The van der Waals surface area contributed by atoms with Crippen LogP contribution in [-0.4, -0.2) is 50.3 Å². The molecule has 4 nitrogen and oxygen atoms in total. The monoisotopic (exact) mass is 272 g/mol. The fraction of sp³-hybridized carbons (Fsp3) is 0.846. The van der Waals surface area contributed by atoms with Gasteiger partial charge in [0.2, 0.25) is 0 Å². The number of nitrogens with zero attached hydrogens (tertiary/aromatic N) is 1. The highest BCUT2D eigenvalue weighted by atomic mass is 32.2. The number of hydrogen-bond donors (Lipinski definition) is 1. The van der Waals surface area contributed by atoms with Gasteiger partial charge in [0.1, 0.15) is 0 Å². The van der Waals surface area contributed by atoms with Gasteiger partial charge in [0.15, 0.2) is 9.84 Å². The second-order valence-electron chi connectivity index (χ2n) is 5.69. The van der Waals surface area contributed by atoms with Crippen LogP contribution in [-0.2, 0) is 9.84 Å². The first-order valence-corrected chi connectivity index (χ1v) is 8.59. The number of likely N-dealkylation sites (tertiary alicyclic amines) is 1. The molecule has 2 atom stereocenters. The molecule has 0 saturated carbocycles. The lowest BCUT2D eigenvalue weighted by Crippen LogP contribution is -2.40. The smallest absolute Gasteiger partial charge is 0.173 e. The molecular formula is C13H24N2O2S. The van der Waals surface area contributed by atoms with Crippen molar-refractivity contribution in [1.82, 2.24) is 10.2 Å². The minimum atomic E-state index is -2.93. The SMILES string of the molecule is CC(C)N1CCCC(NC2C=CS(=O)(=O)C2)CC1. The van der Waals surface area contributed by atoms with Crippen molar-refractivity contribution in [1.29, 1.82) is 0 Å². The van der Waals surface area contributed by atoms with Crippen molar-refractivity contribution in [3.05, 3.63) is 11.5 Å². The maximum absolute atomic E-state index is 11.4. The molecule has 2 rings (SSSR count). The highest BCUT2D eigenvalue weighted by Crippen LogP contribution is 2.16. The molecule has 104 valence electrons. The van der Waals surface area contributed by atoms with Gasteiger partial charge in [-0.3, -0.25) is 0 Å². The molecular weight excluding hydrogens is 248 g/mol. The summed E-state index contributed by atoms with van der Waals surface area (Å²) in [5, 5.41) is 4.83. The molecule has 1 N–H and O–H groups in total. The van der Waals surface area contributed by atoms with Gasteiger partial charge >= 0.3 is 0 Å². The average Bonchev–Trinajstić information content (AvgIpc) is 2.51. The minimum Gasteiger partial charge on any atom is -0.307 e. The Morgan fingerprint density at radius 3 is 2.67 bits per heavy atom.